The van der Waals surface area contributed by atoms with Crippen molar-refractivity contribution in [3.05, 3.63) is 92.8 Å². The molecule has 4 rings (SSSR count). The molecule has 0 bridgehead atoms. The number of rotatable bonds is 8. The van der Waals surface area contributed by atoms with E-state index >= 15 is 0 Å². The van der Waals surface area contributed by atoms with E-state index in [2.05, 4.69) is 5.32 Å². The van der Waals surface area contributed by atoms with E-state index in [1.165, 1.54) is 7.11 Å². The average Bonchev–Trinajstić information content (AvgIpc) is 3.13. The third kappa shape index (κ3) is 6.34. The van der Waals surface area contributed by atoms with Crippen molar-refractivity contribution in [2.45, 2.75) is 20.5 Å². The summed E-state index contributed by atoms with van der Waals surface area (Å²) in [6.45, 7) is 3.81. The second-order valence-electron chi connectivity index (χ2n) is 8.41. The summed E-state index contributed by atoms with van der Waals surface area (Å²) >= 11 is 6.98. The molecule has 0 unspecified atom stereocenters. The quantitative estimate of drug-likeness (QED) is 0.344. The van der Waals surface area contributed by atoms with E-state index in [0.29, 0.717) is 27.8 Å². The van der Waals surface area contributed by atoms with Crippen LogP contribution in [0.2, 0.25) is 5.02 Å². The summed E-state index contributed by atoms with van der Waals surface area (Å²) in [5.74, 6) is 0.000215. The lowest BCUT2D eigenvalue weighted by Gasteiger charge is -2.13. The zero-order chi connectivity index (χ0) is 26.5. The highest BCUT2D eigenvalue weighted by atomic mass is 35.5. The number of carbonyl (C=O) groups is 3. The Bertz CT molecular complexity index is 1410. The Morgan fingerprint density at radius 2 is 1.81 bits per heavy atom. The fourth-order valence-corrected chi connectivity index (χ4v) is 4.64. The number of ether oxygens (including phenoxy) is 2. The number of carbonyl (C=O) groups excluding carboxylic acids is 3. The van der Waals surface area contributed by atoms with E-state index in [4.69, 9.17) is 21.1 Å². The number of methoxy groups -OCH3 is 1. The Morgan fingerprint density at radius 1 is 1.03 bits per heavy atom. The van der Waals surface area contributed by atoms with Gasteiger partial charge in [-0.1, -0.05) is 41.9 Å². The maximum absolute atomic E-state index is 12.9. The van der Waals surface area contributed by atoms with Crippen molar-refractivity contribution >= 4 is 52.2 Å². The number of imide groups is 1. The third-order valence-corrected chi connectivity index (χ3v) is 7.07. The molecule has 0 aliphatic carbocycles. The molecule has 0 radical (unpaired) electrons. The van der Waals surface area contributed by atoms with Crippen molar-refractivity contribution < 1.29 is 23.9 Å². The summed E-state index contributed by atoms with van der Waals surface area (Å²) in [6, 6.07) is 18.1. The SMILES string of the molecule is COc1cc(/C=C2/SC(=O)N(CC(=O)Nc3ccc(C)c(C)c3)C2=O)ccc1OCc1ccccc1Cl. The van der Waals surface area contributed by atoms with Crippen molar-refractivity contribution in [2.24, 2.45) is 0 Å². The van der Waals surface area contributed by atoms with E-state index in [1.54, 1.807) is 36.4 Å². The Kier molecular flexibility index (Phi) is 8.21. The van der Waals surface area contributed by atoms with Crippen LogP contribution in [0.1, 0.15) is 22.3 Å². The van der Waals surface area contributed by atoms with Crippen LogP contribution in [0.4, 0.5) is 10.5 Å². The van der Waals surface area contributed by atoms with Gasteiger partial charge in [0.1, 0.15) is 13.2 Å². The van der Waals surface area contributed by atoms with Gasteiger partial charge in [-0.2, -0.15) is 0 Å². The number of halogens is 1. The standard InChI is InChI=1S/C28H25ClN2O5S/c1-17-8-10-21(12-18(17)2)30-26(32)15-31-27(33)25(37-28(31)34)14-19-9-11-23(24(13-19)35-3)36-16-20-6-4-5-7-22(20)29/h4-14H,15-16H2,1-3H3,(H,30,32)/b25-14+. The van der Waals surface area contributed by atoms with E-state index in [-0.39, 0.29) is 18.1 Å². The molecule has 3 aromatic rings. The highest BCUT2D eigenvalue weighted by Gasteiger charge is 2.36. The lowest BCUT2D eigenvalue weighted by atomic mass is 10.1. The van der Waals surface area contributed by atoms with Gasteiger partial charge in [0.2, 0.25) is 5.91 Å². The summed E-state index contributed by atoms with van der Waals surface area (Å²) in [6.07, 6.45) is 1.59. The molecule has 37 heavy (non-hydrogen) atoms. The molecule has 0 atom stereocenters. The molecular formula is C28H25ClN2O5S. The lowest BCUT2D eigenvalue weighted by molar-refractivity contribution is -0.127. The molecule has 3 aromatic carbocycles. The van der Waals surface area contributed by atoms with Crippen molar-refractivity contribution in [3.8, 4) is 11.5 Å². The van der Waals surface area contributed by atoms with Crippen molar-refractivity contribution in [1.29, 1.82) is 0 Å². The monoisotopic (exact) mass is 536 g/mol. The summed E-state index contributed by atoms with van der Waals surface area (Å²) < 4.78 is 11.3. The van der Waals surface area contributed by atoms with Gasteiger partial charge in [0.15, 0.2) is 11.5 Å². The second-order valence-corrected chi connectivity index (χ2v) is 9.81. The molecule has 1 fully saturated rings. The first-order chi connectivity index (χ1) is 17.7. The molecule has 3 amide bonds. The van der Waals surface area contributed by atoms with Crippen LogP contribution >= 0.6 is 23.4 Å². The Labute approximate surface area is 224 Å². The number of nitrogens with zero attached hydrogens (tertiary/aromatic N) is 1. The second kappa shape index (κ2) is 11.5. The Morgan fingerprint density at radius 3 is 2.54 bits per heavy atom. The molecule has 0 aromatic heterocycles. The Balaban J connectivity index is 1.43. The van der Waals surface area contributed by atoms with Gasteiger partial charge in [0.25, 0.3) is 11.1 Å². The van der Waals surface area contributed by atoms with Crippen LogP contribution in [0.25, 0.3) is 6.08 Å². The minimum absolute atomic E-state index is 0.218. The lowest BCUT2D eigenvalue weighted by Crippen LogP contribution is -2.36. The maximum Gasteiger partial charge on any atom is 0.294 e. The van der Waals surface area contributed by atoms with Gasteiger partial charge in [-0.3, -0.25) is 19.3 Å². The zero-order valence-electron chi connectivity index (χ0n) is 20.5. The van der Waals surface area contributed by atoms with Crippen LogP contribution in [0, 0.1) is 13.8 Å². The first-order valence-electron chi connectivity index (χ1n) is 11.4. The molecule has 7 nitrogen and oxygen atoms in total. The number of anilines is 1. The molecule has 1 aliphatic heterocycles. The van der Waals surface area contributed by atoms with Crippen molar-refractivity contribution in [3.63, 3.8) is 0 Å². The summed E-state index contributed by atoms with van der Waals surface area (Å²) in [5, 5.41) is 2.84. The third-order valence-electron chi connectivity index (χ3n) is 5.79. The fourth-order valence-electron chi connectivity index (χ4n) is 3.62. The first kappa shape index (κ1) is 26.3. The van der Waals surface area contributed by atoms with Crippen LogP contribution < -0.4 is 14.8 Å². The highest BCUT2D eigenvalue weighted by Crippen LogP contribution is 2.35. The zero-order valence-corrected chi connectivity index (χ0v) is 22.1. The van der Waals surface area contributed by atoms with Gasteiger partial charge in [0.05, 0.1) is 12.0 Å². The fraction of sp³-hybridized carbons (Fsp3) is 0.179. The molecule has 190 valence electrons. The van der Waals surface area contributed by atoms with Crippen LogP contribution in [0.15, 0.2) is 65.6 Å². The topological polar surface area (TPSA) is 84.9 Å². The number of nitrogens with one attached hydrogen (secondary N) is 1. The van der Waals surface area contributed by atoms with Gasteiger partial charge in [-0.15, -0.1) is 0 Å². The molecule has 0 spiro atoms. The summed E-state index contributed by atoms with van der Waals surface area (Å²) in [7, 11) is 1.52. The van der Waals surface area contributed by atoms with E-state index in [1.807, 2.05) is 44.2 Å². The van der Waals surface area contributed by atoms with Crippen LogP contribution in [0.5, 0.6) is 11.5 Å². The van der Waals surface area contributed by atoms with Crippen LogP contribution in [0.3, 0.4) is 0 Å². The normalized spacial score (nSPS) is 14.3. The van der Waals surface area contributed by atoms with E-state index in [0.717, 1.165) is 33.4 Å². The Hall–Kier alpha value is -3.75. The first-order valence-corrected chi connectivity index (χ1v) is 12.6. The van der Waals surface area contributed by atoms with E-state index in [9.17, 15) is 14.4 Å². The van der Waals surface area contributed by atoms with Crippen LogP contribution in [-0.2, 0) is 16.2 Å². The van der Waals surface area contributed by atoms with Gasteiger partial charge in [-0.25, -0.2) is 0 Å². The van der Waals surface area contributed by atoms with E-state index < -0.39 is 17.1 Å². The van der Waals surface area contributed by atoms with Crippen molar-refractivity contribution in [2.75, 3.05) is 19.0 Å². The number of aryl methyl sites for hydroxylation is 2. The van der Waals surface area contributed by atoms with Gasteiger partial charge < -0.3 is 14.8 Å². The molecule has 9 heteroatoms. The predicted octanol–water partition coefficient (Wildman–Crippen LogP) is 6.22. The van der Waals surface area contributed by atoms with Gasteiger partial charge >= 0.3 is 0 Å². The number of benzene rings is 3. The molecule has 1 saturated heterocycles. The van der Waals surface area contributed by atoms with Gasteiger partial charge in [-0.05, 0) is 78.7 Å². The minimum atomic E-state index is -0.525. The predicted molar refractivity (Wildman–Crippen MR) is 146 cm³/mol. The van der Waals surface area contributed by atoms with Gasteiger partial charge in [0, 0.05) is 16.3 Å². The largest absolute Gasteiger partial charge is 0.493 e. The average molecular weight is 537 g/mol. The molecule has 1 aliphatic rings. The number of hydrogen-bond donors (Lipinski definition) is 1. The molecule has 0 saturated carbocycles. The molecule has 1 N–H and O–H groups in total. The number of thioether (sulfide) groups is 1. The van der Waals surface area contributed by atoms with Crippen LogP contribution in [-0.4, -0.2) is 35.6 Å². The number of hydrogen-bond acceptors (Lipinski definition) is 6. The smallest absolute Gasteiger partial charge is 0.294 e. The minimum Gasteiger partial charge on any atom is -0.493 e. The maximum atomic E-state index is 12.9. The summed E-state index contributed by atoms with van der Waals surface area (Å²) in [5.41, 5.74) is 4.23. The molecule has 1 heterocycles. The number of amides is 3. The highest BCUT2D eigenvalue weighted by molar-refractivity contribution is 8.18. The molecular weight excluding hydrogens is 512 g/mol. The summed E-state index contributed by atoms with van der Waals surface area (Å²) in [4.78, 5) is 39.0. The van der Waals surface area contributed by atoms with Crippen molar-refractivity contribution in [1.82, 2.24) is 4.90 Å².